The molecule has 210 valence electrons. The largest absolute Gasteiger partial charge is 0.393 e. The molecule has 0 bridgehead atoms. The second kappa shape index (κ2) is 9.85. The van der Waals surface area contributed by atoms with Crippen molar-refractivity contribution in [1.82, 2.24) is 9.97 Å². The maximum absolute atomic E-state index is 13.7. The van der Waals surface area contributed by atoms with Crippen LogP contribution in [0.1, 0.15) is 84.4 Å². The minimum absolute atomic E-state index is 0.0476. The number of rotatable bonds is 6. The number of hydrogen-bond acceptors (Lipinski definition) is 4. The molecule has 0 amide bonds. The molecular formula is C32H47FN2O3. The summed E-state index contributed by atoms with van der Waals surface area (Å²) in [6.45, 7) is 7.26. The van der Waals surface area contributed by atoms with Gasteiger partial charge >= 0.3 is 0 Å². The van der Waals surface area contributed by atoms with E-state index in [2.05, 4.69) is 25.8 Å². The molecule has 11 atom stereocenters. The Balaban J connectivity index is 1.25. The Morgan fingerprint density at radius 1 is 1.13 bits per heavy atom. The summed E-state index contributed by atoms with van der Waals surface area (Å²) >= 11 is 0. The standard InChI is InChI=1S/C32H47FN2O3/c1-5-18(6-11-29-34-25-10-7-20(33)16-26(25)35-29)22-8-9-23-30-24(17-28(38-4)32(22,23)3)31(2)13-12-21(36)14-19(31)15-27(30)37/h7,10,16,18-19,21-24,27-28,30,36-37H,5-6,8-9,11-15,17H2,1-4H3,(H,34,35)/t18?,19-,21+,22+,23-,24-,27+,28-,30-,31-,32+/m0/s1. The SMILES string of the molecule is CCC(CCc1nc2ccc(F)cc2[nH]1)[C@H]1CC[C@H]2[C@@H]3[C@H](O)C[C@@H]4C[C@H](O)CC[C@]4(C)[C@H]3C[C@H](OC)[C@]12C. The van der Waals surface area contributed by atoms with Crippen LogP contribution < -0.4 is 0 Å². The van der Waals surface area contributed by atoms with E-state index < -0.39 is 0 Å². The van der Waals surface area contributed by atoms with Crippen molar-refractivity contribution in [2.24, 2.45) is 46.3 Å². The van der Waals surface area contributed by atoms with Crippen molar-refractivity contribution in [3.05, 3.63) is 29.8 Å². The lowest BCUT2D eigenvalue weighted by molar-refractivity contribution is -0.213. The predicted molar refractivity (Wildman–Crippen MR) is 147 cm³/mol. The number of aliphatic hydroxyl groups is 2. The monoisotopic (exact) mass is 526 g/mol. The third kappa shape index (κ3) is 4.07. The Morgan fingerprint density at radius 3 is 2.71 bits per heavy atom. The van der Waals surface area contributed by atoms with Crippen LogP contribution in [-0.4, -0.2) is 45.6 Å². The van der Waals surface area contributed by atoms with Gasteiger partial charge in [-0.3, -0.25) is 0 Å². The number of nitrogens with one attached hydrogen (secondary N) is 1. The number of hydrogen-bond donors (Lipinski definition) is 3. The maximum atomic E-state index is 13.7. The van der Waals surface area contributed by atoms with Gasteiger partial charge in [0.1, 0.15) is 11.6 Å². The van der Waals surface area contributed by atoms with Crippen LogP contribution in [0.4, 0.5) is 4.39 Å². The summed E-state index contributed by atoms with van der Waals surface area (Å²) < 4.78 is 20.1. The number of aromatic amines is 1. The molecule has 3 N–H and O–H groups in total. The summed E-state index contributed by atoms with van der Waals surface area (Å²) in [5, 5.41) is 22.0. The van der Waals surface area contributed by atoms with Crippen LogP contribution >= 0.6 is 0 Å². The maximum Gasteiger partial charge on any atom is 0.125 e. The van der Waals surface area contributed by atoms with Crippen molar-refractivity contribution in [1.29, 1.82) is 0 Å². The summed E-state index contributed by atoms with van der Waals surface area (Å²) in [5.41, 5.74) is 1.83. The highest BCUT2D eigenvalue weighted by Gasteiger charge is 2.66. The number of halogens is 1. The molecule has 4 aliphatic carbocycles. The highest BCUT2D eigenvalue weighted by atomic mass is 19.1. The Labute approximate surface area is 227 Å². The third-order valence-electron chi connectivity index (χ3n) is 12.4. The molecule has 1 unspecified atom stereocenters. The van der Waals surface area contributed by atoms with E-state index in [4.69, 9.17) is 9.72 Å². The molecule has 6 heteroatoms. The summed E-state index contributed by atoms with van der Waals surface area (Å²) in [5.74, 6) is 3.48. The highest BCUT2D eigenvalue weighted by Crippen LogP contribution is 2.69. The Bertz CT molecular complexity index is 1150. The summed E-state index contributed by atoms with van der Waals surface area (Å²) in [4.78, 5) is 8.08. The average molecular weight is 527 g/mol. The topological polar surface area (TPSA) is 78.4 Å². The van der Waals surface area contributed by atoms with Gasteiger partial charge in [0.15, 0.2) is 0 Å². The fraction of sp³-hybridized carbons (Fsp3) is 0.781. The smallest absolute Gasteiger partial charge is 0.125 e. The zero-order chi connectivity index (χ0) is 26.8. The van der Waals surface area contributed by atoms with Crippen LogP contribution in [0.25, 0.3) is 11.0 Å². The van der Waals surface area contributed by atoms with Gasteiger partial charge in [0, 0.05) is 18.9 Å². The molecule has 0 aliphatic heterocycles. The quantitative estimate of drug-likeness (QED) is 0.414. The van der Waals surface area contributed by atoms with Gasteiger partial charge in [0.2, 0.25) is 0 Å². The highest BCUT2D eigenvalue weighted by molar-refractivity contribution is 5.74. The molecule has 38 heavy (non-hydrogen) atoms. The molecule has 1 aromatic heterocycles. The molecule has 1 aromatic carbocycles. The fourth-order valence-electron chi connectivity index (χ4n) is 10.5. The molecular weight excluding hydrogens is 479 g/mol. The first-order chi connectivity index (χ1) is 18.2. The number of fused-ring (bicyclic) bond motifs is 6. The molecule has 0 saturated heterocycles. The zero-order valence-electron chi connectivity index (χ0n) is 23.6. The Morgan fingerprint density at radius 2 is 1.95 bits per heavy atom. The number of aliphatic hydroxyl groups excluding tert-OH is 2. The van der Waals surface area contributed by atoms with Crippen LogP contribution in [0.2, 0.25) is 0 Å². The van der Waals surface area contributed by atoms with Gasteiger partial charge < -0.3 is 19.9 Å². The number of nitrogens with zero attached hydrogens (tertiary/aromatic N) is 1. The van der Waals surface area contributed by atoms with Gasteiger partial charge in [-0.15, -0.1) is 0 Å². The molecule has 2 aromatic rings. The number of imidazole rings is 1. The molecule has 4 fully saturated rings. The summed E-state index contributed by atoms with van der Waals surface area (Å²) in [6, 6.07) is 4.75. The Hall–Kier alpha value is -1.50. The van der Waals surface area contributed by atoms with Crippen LogP contribution in [0.3, 0.4) is 0 Å². The van der Waals surface area contributed by atoms with E-state index >= 15 is 0 Å². The number of ether oxygens (including phenoxy) is 1. The van der Waals surface area contributed by atoms with E-state index in [0.29, 0.717) is 35.5 Å². The van der Waals surface area contributed by atoms with E-state index in [1.807, 2.05) is 7.11 Å². The first-order valence-corrected chi connectivity index (χ1v) is 15.2. The van der Waals surface area contributed by atoms with E-state index in [0.717, 1.165) is 68.2 Å². The molecule has 0 radical (unpaired) electrons. The minimum atomic E-state index is -0.278. The van der Waals surface area contributed by atoms with Gasteiger partial charge in [-0.05, 0) is 110 Å². The van der Waals surface area contributed by atoms with Crippen molar-refractivity contribution < 1.29 is 19.3 Å². The van der Waals surface area contributed by atoms with Crippen molar-refractivity contribution in [2.75, 3.05) is 7.11 Å². The lowest BCUT2D eigenvalue weighted by Gasteiger charge is -2.64. The first-order valence-electron chi connectivity index (χ1n) is 15.2. The molecule has 4 aliphatic rings. The van der Waals surface area contributed by atoms with E-state index in [1.54, 1.807) is 6.07 Å². The van der Waals surface area contributed by atoms with Gasteiger partial charge in [-0.1, -0.05) is 27.2 Å². The van der Waals surface area contributed by atoms with Crippen molar-refractivity contribution in [2.45, 2.75) is 103 Å². The number of H-pyrrole nitrogens is 1. The molecule has 6 rings (SSSR count). The molecule has 1 heterocycles. The van der Waals surface area contributed by atoms with Gasteiger partial charge in [-0.25, -0.2) is 9.37 Å². The Kier molecular flexibility index (Phi) is 6.92. The summed E-state index contributed by atoms with van der Waals surface area (Å²) in [6.07, 6.45) is 9.76. The number of aryl methyl sites for hydroxylation is 1. The zero-order valence-corrected chi connectivity index (χ0v) is 23.6. The first kappa shape index (κ1) is 26.7. The molecule has 0 spiro atoms. The van der Waals surface area contributed by atoms with Crippen LogP contribution in [0, 0.1) is 52.2 Å². The normalized spacial score (nSPS) is 43.4. The number of aromatic nitrogens is 2. The lowest BCUT2D eigenvalue weighted by atomic mass is 9.43. The predicted octanol–water partition coefficient (Wildman–Crippen LogP) is 6.28. The van der Waals surface area contributed by atoms with Gasteiger partial charge in [0.25, 0.3) is 0 Å². The van der Waals surface area contributed by atoms with Gasteiger partial charge in [-0.2, -0.15) is 0 Å². The minimum Gasteiger partial charge on any atom is -0.393 e. The van der Waals surface area contributed by atoms with Crippen LogP contribution in [0.15, 0.2) is 18.2 Å². The second-order valence-electron chi connectivity index (χ2n) is 13.8. The summed E-state index contributed by atoms with van der Waals surface area (Å²) in [7, 11) is 1.90. The molecule has 5 nitrogen and oxygen atoms in total. The third-order valence-corrected chi connectivity index (χ3v) is 12.4. The van der Waals surface area contributed by atoms with E-state index in [1.165, 1.54) is 25.0 Å². The van der Waals surface area contributed by atoms with Crippen LogP contribution in [-0.2, 0) is 11.2 Å². The molecule has 4 saturated carbocycles. The second-order valence-corrected chi connectivity index (χ2v) is 13.8. The lowest BCUT2D eigenvalue weighted by Crippen LogP contribution is -2.62. The van der Waals surface area contributed by atoms with Gasteiger partial charge in [0.05, 0.1) is 29.3 Å². The number of methoxy groups -OCH3 is 1. The van der Waals surface area contributed by atoms with Crippen molar-refractivity contribution >= 4 is 11.0 Å². The van der Waals surface area contributed by atoms with Crippen molar-refractivity contribution in [3.8, 4) is 0 Å². The van der Waals surface area contributed by atoms with E-state index in [9.17, 15) is 14.6 Å². The number of benzene rings is 1. The van der Waals surface area contributed by atoms with Crippen molar-refractivity contribution in [3.63, 3.8) is 0 Å². The van der Waals surface area contributed by atoms with E-state index in [-0.39, 0.29) is 35.0 Å². The average Bonchev–Trinajstić information content (AvgIpc) is 3.45. The van der Waals surface area contributed by atoms with Crippen LogP contribution in [0.5, 0.6) is 0 Å². The fourth-order valence-corrected chi connectivity index (χ4v) is 10.5.